The number of carbonyl (C=O) groups is 1. The zero-order valence-electron chi connectivity index (χ0n) is 22.3. The summed E-state index contributed by atoms with van der Waals surface area (Å²) in [6.07, 6.45) is 12.3. The average Bonchev–Trinajstić information content (AvgIpc) is 2.75. The summed E-state index contributed by atoms with van der Waals surface area (Å²) < 4.78 is 6.32. The van der Waals surface area contributed by atoms with Crippen molar-refractivity contribution in [3.63, 3.8) is 0 Å². The molecule has 34 heavy (non-hydrogen) atoms. The number of carboxylic acids is 1. The molecular weight excluding hydrogens is 424 g/mol. The Hall–Kier alpha value is -0.870. The highest BCUT2D eigenvalue weighted by Gasteiger charge is 2.74. The monoisotopic (exact) mass is 470 g/mol. The summed E-state index contributed by atoms with van der Waals surface area (Å²) in [6.45, 7) is 14.9. The van der Waals surface area contributed by atoms with Crippen molar-refractivity contribution >= 4 is 5.97 Å². The molecule has 2 heterocycles. The van der Waals surface area contributed by atoms with Crippen LogP contribution in [0, 0.1) is 50.2 Å². The highest BCUT2D eigenvalue weighted by molar-refractivity contribution is 5.76. The number of rotatable bonds is 1. The predicted octanol–water partition coefficient (Wildman–Crippen LogP) is 6.57. The number of fused-ring (bicyclic) bond motifs is 7. The van der Waals surface area contributed by atoms with Gasteiger partial charge in [-0.1, -0.05) is 53.2 Å². The molecule has 8 atom stereocenters. The van der Waals surface area contributed by atoms with E-state index in [1.54, 1.807) is 0 Å². The van der Waals surface area contributed by atoms with Gasteiger partial charge in [-0.05, 0) is 91.8 Å². The van der Waals surface area contributed by atoms with E-state index in [2.05, 4.69) is 47.6 Å². The third-order valence-corrected chi connectivity index (χ3v) is 13.5. The van der Waals surface area contributed by atoms with Crippen LogP contribution in [-0.4, -0.2) is 28.6 Å². The lowest BCUT2D eigenvalue weighted by atomic mass is 9.32. The van der Waals surface area contributed by atoms with E-state index in [0.717, 1.165) is 57.8 Å². The Morgan fingerprint density at radius 1 is 0.941 bits per heavy atom. The molecule has 7 rings (SSSR count). The molecule has 2 N–H and O–H groups in total. The van der Waals surface area contributed by atoms with E-state index < -0.39 is 17.2 Å². The lowest BCUT2D eigenvalue weighted by Gasteiger charge is -2.74. The predicted molar refractivity (Wildman–Crippen MR) is 132 cm³/mol. The molecule has 0 aromatic heterocycles. The van der Waals surface area contributed by atoms with E-state index in [-0.39, 0.29) is 33.0 Å². The van der Waals surface area contributed by atoms with Crippen molar-refractivity contribution in [2.24, 2.45) is 50.2 Å². The minimum Gasteiger partial charge on any atom is -0.481 e. The maximum absolute atomic E-state index is 12.8. The Balaban J connectivity index is 1.46. The highest BCUT2D eigenvalue weighted by atomic mass is 16.6. The summed E-state index contributed by atoms with van der Waals surface area (Å²) in [5.74, 6) is -0.354. The number of carboxylic acid groups (broad SMARTS) is 1. The van der Waals surface area contributed by atoms with Gasteiger partial charge in [-0.25, -0.2) is 0 Å². The summed E-state index contributed by atoms with van der Waals surface area (Å²) in [7, 11) is 0. The Labute approximate surface area is 205 Å². The van der Waals surface area contributed by atoms with Crippen molar-refractivity contribution in [1.29, 1.82) is 0 Å². The molecule has 2 aliphatic heterocycles. The molecule has 7 aliphatic rings. The fraction of sp³-hybridized carbons (Fsp3) is 0.900. The van der Waals surface area contributed by atoms with Gasteiger partial charge in [-0.2, -0.15) is 0 Å². The Kier molecular flexibility index (Phi) is 4.51. The van der Waals surface area contributed by atoms with E-state index in [9.17, 15) is 15.0 Å². The third-order valence-electron chi connectivity index (χ3n) is 13.5. The first kappa shape index (κ1) is 23.5. The quantitative estimate of drug-likeness (QED) is 0.425. The van der Waals surface area contributed by atoms with Gasteiger partial charge < -0.3 is 14.9 Å². The van der Waals surface area contributed by atoms with Gasteiger partial charge in [0.25, 0.3) is 0 Å². The van der Waals surface area contributed by atoms with Gasteiger partial charge in [0.2, 0.25) is 0 Å². The molecule has 5 aliphatic carbocycles. The first-order valence-electron chi connectivity index (χ1n) is 14.0. The van der Waals surface area contributed by atoms with Crippen LogP contribution in [0.5, 0.6) is 0 Å². The number of aliphatic hydroxyl groups is 1. The molecule has 1 spiro atoms. The van der Waals surface area contributed by atoms with Gasteiger partial charge in [0.05, 0.1) is 12.0 Å². The number of hydrogen-bond acceptors (Lipinski definition) is 3. The van der Waals surface area contributed by atoms with Crippen LogP contribution in [-0.2, 0) is 9.53 Å². The summed E-state index contributed by atoms with van der Waals surface area (Å²) >= 11 is 0. The Morgan fingerprint density at radius 2 is 1.65 bits per heavy atom. The van der Waals surface area contributed by atoms with Crippen molar-refractivity contribution < 1.29 is 19.7 Å². The molecule has 190 valence electrons. The van der Waals surface area contributed by atoms with Crippen LogP contribution in [0.4, 0.5) is 0 Å². The van der Waals surface area contributed by atoms with Gasteiger partial charge in [0.1, 0.15) is 0 Å². The second-order valence-corrected chi connectivity index (χ2v) is 15.2. The van der Waals surface area contributed by atoms with Gasteiger partial charge in [-0.15, -0.1) is 0 Å². The second-order valence-electron chi connectivity index (χ2n) is 15.2. The Morgan fingerprint density at radius 3 is 2.29 bits per heavy atom. The van der Waals surface area contributed by atoms with Crippen LogP contribution in [0.15, 0.2) is 11.6 Å². The number of allylic oxidation sites excluding steroid dienone is 2. The fourth-order valence-electron chi connectivity index (χ4n) is 11.0. The molecule has 6 fully saturated rings. The standard InChI is InChI=1S/C30H46O4/c1-24(2)11-13-28(23(31)32)14-12-26(5)19(20(28)17-24)7-8-22-27(26,6)10-9-21-25(3,4)30(33)16-15-29(21,22)18-34-30/h7,20-22,33H,8-18H2,1-6H3,(H,31,32)/t20-,21?,22?,26?,27+,28-,29+,30?/m0/s1. The van der Waals surface area contributed by atoms with Gasteiger partial charge in [0, 0.05) is 17.3 Å². The average molecular weight is 471 g/mol. The number of aliphatic carboxylic acids is 1. The summed E-state index contributed by atoms with van der Waals surface area (Å²) in [5.41, 5.74) is 1.20. The molecule has 4 unspecified atom stereocenters. The summed E-state index contributed by atoms with van der Waals surface area (Å²) in [6, 6.07) is 0. The fourth-order valence-corrected chi connectivity index (χ4v) is 11.0. The van der Waals surface area contributed by atoms with Crippen molar-refractivity contribution in [2.75, 3.05) is 6.61 Å². The molecule has 0 aromatic carbocycles. The van der Waals surface area contributed by atoms with E-state index in [1.165, 1.54) is 12.0 Å². The van der Waals surface area contributed by atoms with Crippen molar-refractivity contribution in [3.05, 3.63) is 11.6 Å². The molecule has 4 saturated carbocycles. The molecule has 0 radical (unpaired) electrons. The first-order valence-corrected chi connectivity index (χ1v) is 14.0. The minimum absolute atomic E-state index is 0.0437. The van der Waals surface area contributed by atoms with Crippen LogP contribution in [0.25, 0.3) is 0 Å². The maximum atomic E-state index is 12.8. The molecule has 0 aromatic rings. The van der Waals surface area contributed by atoms with E-state index >= 15 is 0 Å². The molecule has 4 nitrogen and oxygen atoms in total. The zero-order valence-corrected chi connectivity index (χ0v) is 22.3. The van der Waals surface area contributed by atoms with E-state index in [1.807, 2.05) is 0 Å². The zero-order chi connectivity index (χ0) is 24.6. The van der Waals surface area contributed by atoms with Crippen LogP contribution in [0.1, 0.15) is 106 Å². The molecular formula is C30H46O4. The topological polar surface area (TPSA) is 66.8 Å². The van der Waals surface area contributed by atoms with Crippen LogP contribution in [0.2, 0.25) is 0 Å². The lowest BCUT2D eigenvalue weighted by molar-refractivity contribution is -0.395. The Bertz CT molecular complexity index is 953. The summed E-state index contributed by atoms with van der Waals surface area (Å²) in [5, 5.41) is 21.9. The lowest BCUT2D eigenvalue weighted by Crippen LogP contribution is -2.73. The van der Waals surface area contributed by atoms with Crippen molar-refractivity contribution in [1.82, 2.24) is 0 Å². The van der Waals surface area contributed by atoms with Crippen molar-refractivity contribution in [2.45, 2.75) is 112 Å². The van der Waals surface area contributed by atoms with Gasteiger partial charge in [-0.3, -0.25) is 4.79 Å². The normalized spacial score (nSPS) is 54.7. The van der Waals surface area contributed by atoms with E-state index in [4.69, 9.17) is 4.74 Å². The smallest absolute Gasteiger partial charge is 0.310 e. The second kappa shape index (κ2) is 6.52. The number of ether oxygens (including phenoxy) is 1. The number of hydrogen-bond donors (Lipinski definition) is 2. The largest absolute Gasteiger partial charge is 0.481 e. The van der Waals surface area contributed by atoms with E-state index in [0.29, 0.717) is 18.4 Å². The van der Waals surface area contributed by atoms with Crippen LogP contribution >= 0.6 is 0 Å². The first-order chi connectivity index (χ1) is 15.7. The highest BCUT2D eigenvalue weighted by Crippen LogP contribution is 2.77. The third kappa shape index (κ3) is 2.46. The maximum Gasteiger partial charge on any atom is 0.310 e. The molecule has 4 heteroatoms. The van der Waals surface area contributed by atoms with Gasteiger partial charge in [0.15, 0.2) is 5.79 Å². The SMILES string of the molecule is CC1(C)CC[C@]2(C(=O)O)CCC3(C)C(=CCC4[C@]56CCC(O)(OC5)C(C)(C)C6CC[C@]43C)[C@@H]2C1. The van der Waals surface area contributed by atoms with Gasteiger partial charge >= 0.3 is 5.97 Å². The molecule has 0 amide bonds. The molecule has 2 saturated heterocycles. The summed E-state index contributed by atoms with van der Waals surface area (Å²) in [4.78, 5) is 12.8. The van der Waals surface area contributed by atoms with Crippen LogP contribution < -0.4 is 0 Å². The van der Waals surface area contributed by atoms with Crippen LogP contribution in [0.3, 0.4) is 0 Å². The van der Waals surface area contributed by atoms with Crippen molar-refractivity contribution in [3.8, 4) is 0 Å². The minimum atomic E-state index is -0.980. The molecule has 2 bridgehead atoms.